The van der Waals surface area contributed by atoms with Crippen LogP contribution in [0.2, 0.25) is 0 Å². The molecule has 3 heterocycles. The maximum Gasteiger partial charge on any atom is 0.190 e. The molecule has 0 saturated heterocycles. The maximum atomic E-state index is 10.7. The smallest absolute Gasteiger partial charge is 0.190 e. The number of aromatic nitrogens is 3. The Balaban J connectivity index is 1.42. The fourth-order valence-corrected chi connectivity index (χ4v) is 7.96. The van der Waals surface area contributed by atoms with Crippen LogP contribution in [0.5, 0.6) is 0 Å². The van der Waals surface area contributed by atoms with E-state index in [1.807, 2.05) is 24.3 Å². The lowest BCUT2D eigenvalue weighted by molar-refractivity contribution is 1.09. The molecular weight excluding hydrogens is 599 g/mol. The minimum absolute atomic E-state index is 0.420. The van der Waals surface area contributed by atoms with Crippen LogP contribution in [0.3, 0.4) is 0 Å². The highest BCUT2D eigenvalue weighted by atomic mass is 15.1. The lowest BCUT2D eigenvalue weighted by Gasteiger charge is -2.19. The molecule has 0 N–H and O–H groups in total. The van der Waals surface area contributed by atoms with E-state index in [4.69, 9.17) is 6.57 Å². The Hall–Kier alpha value is -7.08. The Bertz CT molecular complexity index is 3020. The van der Waals surface area contributed by atoms with Gasteiger partial charge >= 0.3 is 0 Å². The third-order valence-electron chi connectivity index (χ3n) is 9.85. The zero-order valence-electron chi connectivity index (χ0n) is 26.2. The monoisotopic (exact) mass is 623 g/mol. The molecule has 0 aliphatic heterocycles. The summed E-state index contributed by atoms with van der Waals surface area (Å²) in [4.78, 5) is 3.86. The van der Waals surface area contributed by atoms with Crippen LogP contribution >= 0.6 is 0 Å². The van der Waals surface area contributed by atoms with Crippen LogP contribution in [0, 0.1) is 17.9 Å². The standard InChI is InChI=1S/C44H25N5/c1-46-29-25-28(27-45)44(49-35-19-9-5-15-31(35)32-16-6-10-20-36(32)49)41(26-29)48-38-22-12-8-18-34(38)43-40(48)24-23-39-42(43)33-17-7-11-21-37(33)47(39)30-13-3-2-4-14-30/h2-26H. The fourth-order valence-electron chi connectivity index (χ4n) is 7.96. The number of hydrogen-bond acceptors (Lipinski definition) is 1. The molecule has 226 valence electrons. The van der Waals surface area contributed by atoms with Crippen molar-refractivity contribution in [1.29, 1.82) is 5.26 Å². The SMILES string of the molecule is [C-]#[N+]c1cc(C#N)c(-n2c3ccccc3c3ccccc32)c(-n2c3ccccc3c3c4c5ccccc5n(-c5ccccc5)c4ccc32)c1. The molecular formula is C44H25N5. The topological polar surface area (TPSA) is 42.9 Å². The van der Waals surface area contributed by atoms with Crippen molar-refractivity contribution in [2.75, 3.05) is 0 Å². The Labute approximate surface area is 281 Å². The van der Waals surface area contributed by atoms with Crippen molar-refractivity contribution in [3.63, 3.8) is 0 Å². The van der Waals surface area contributed by atoms with Crippen molar-refractivity contribution < 1.29 is 0 Å². The molecule has 0 unspecified atom stereocenters. The van der Waals surface area contributed by atoms with E-state index < -0.39 is 0 Å². The zero-order valence-corrected chi connectivity index (χ0v) is 26.2. The van der Waals surface area contributed by atoms with Crippen molar-refractivity contribution >= 4 is 71.1 Å². The second-order valence-corrected chi connectivity index (χ2v) is 12.3. The molecule has 0 fully saturated rings. The van der Waals surface area contributed by atoms with Gasteiger partial charge in [-0.2, -0.15) is 5.26 Å². The summed E-state index contributed by atoms with van der Waals surface area (Å²) < 4.78 is 6.80. The fraction of sp³-hybridized carbons (Fsp3) is 0. The quantitative estimate of drug-likeness (QED) is 0.181. The van der Waals surface area contributed by atoms with Gasteiger partial charge in [-0.05, 0) is 60.7 Å². The molecule has 0 atom stereocenters. The van der Waals surface area contributed by atoms with Crippen molar-refractivity contribution in [1.82, 2.24) is 13.7 Å². The summed E-state index contributed by atoms with van der Waals surface area (Å²) in [5, 5.41) is 17.5. The molecule has 3 aromatic heterocycles. The first-order valence-electron chi connectivity index (χ1n) is 16.2. The molecule has 10 aromatic rings. The Morgan fingerprint density at radius 1 is 0.469 bits per heavy atom. The number of hydrogen-bond donors (Lipinski definition) is 0. The van der Waals surface area contributed by atoms with Crippen LogP contribution in [-0.2, 0) is 0 Å². The molecule has 0 saturated carbocycles. The molecule has 0 aliphatic rings. The maximum absolute atomic E-state index is 10.7. The largest absolute Gasteiger partial charge is 0.309 e. The average molecular weight is 624 g/mol. The van der Waals surface area contributed by atoms with Crippen molar-refractivity contribution in [2.45, 2.75) is 0 Å². The van der Waals surface area contributed by atoms with E-state index in [0.29, 0.717) is 11.3 Å². The van der Waals surface area contributed by atoms with E-state index in [-0.39, 0.29) is 0 Å². The minimum Gasteiger partial charge on any atom is -0.309 e. The molecule has 0 spiro atoms. The van der Waals surface area contributed by atoms with Crippen LogP contribution in [-0.4, -0.2) is 13.7 Å². The predicted octanol–water partition coefficient (Wildman–Crippen LogP) is 11.4. The summed E-state index contributed by atoms with van der Waals surface area (Å²) in [6.45, 7) is 8.05. The number of benzene rings is 7. The third-order valence-corrected chi connectivity index (χ3v) is 9.85. The van der Waals surface area contributed by atoms with Crippen molar-refractivity contribution in [3.8, 4) is 23.1 Å². The number of nitriles is 1. The molecule has 49 heavy (non-hydrogen) atoms. The number of rotatable bonds is 3. The van der Waals surface area contributed by atoms with E-state index in [1.165, 1.54) is 10.8 Å². The van der Waals surface area contributed by atoms with Gasteiger partial charge in [0, 0.05) is 38.0 Å². The minimum atomic E-state index is 0.420. The summed E-state index contributed by atoms with van der Waals surface area (Å²) in [7, 11) is 0. The molecule has 0 radical (unpaired) electrons. The second kappa shape index (κ2) is 10.2. The molecule has 0 bridgehead atoms. The van der Waals surface area contributed by atoms with Gasteiger partial charge in [0.15, 0.2) is 5.69 Å². The van der Waals surface area contributed by atoms with Crippen LogP contribution in [0.4, 0.5) is 5.69 Å². The molecule has 7 aromatic carbocycles. The molecule has 0 amide bonds. The number of para-hydroxylation sites is 5. The van der Waals surface area contributed by atoms with E-state index in [9.17, 15) is 5.26 Å². The van der Waals surface area contributed by atoms with Gasteiger partial charge in [0.05, 0.1) is 56.6 Å². The highest BCUT2D eigenvalue weighted by Crippen LogP contribution is 2.45. The van der Waals surface area contributed by atoms with Gasteiger partial charge in [-0.25, -0.2) is 4.85 Å². The van der Waals surface area contributed by atoms with Gasteiger partial charge in [0.25, 0.3) is 0 Å². The van der Waals surface area contributed by atoms with Crippen LogP contribution < -0.4 is 0 Å². The average Bonchev–Trinajstić information content (AvgIpc) is 3.80. The van der Waals surface area contributed by atoms with E-state index in [0.717, 1.165) is 71.7 Å². The summed E-state index contributed by atoms with van der Waals surface area (Å²) >= 11 is 0. The number of nitrogens with zero attached hydrogens (tertiary/aromatic N) is 5. The van der Waals surface area contributed by atoms with Crippen molar-refractivity contribution in [3.05, 3.63) is 169 Å². The normalized spacial score (nSPS) is 11.6. The van der Waals surface area contributed by atoms with Crippen molar-refractivity contribution in [2.24, 2.45) is 0 Å². The Morgan fingerprint density at radius 2 is 0.939 bits per heavy atom. The summed E-state index contributed by atoms with van der Waals surface area (Å²) in [6.07, 6.45) is 0. The summed E-state index contributed by atoms with van der Waals surface area (Å²) in [5.74, 6) is 0. The van der Waals surface area contributed by atoms with Crippen LogP contribution in [0.25, 0.3) is 87.3 Å². The summed E-state index contributed by atoms with van der Waals surface area (Å²) in [5.41, 5.74) is 9.80. The van der Waals surface area contributed by atoms with Gasteiger partial charge in [0.1, 0.15) is 6.07 Å². The first-order chi connectivity index (χ1) is 24.3. The molecule has 0 aliphatic carbocycles. The van der Waals surface area contributed by atoms with E-state index in [1.54, 1.807) is 6.07 Å². The Kier molecular flexibility index (Phi) is 5.64. The van der Waals surface area contributed by atoms with E-state index >= 15 is 0 Å². The van der Waals surface area contributed by atoms with Gasteiger partial charge < -0.3 is 13.7 Å². The number of fused-ring (bicyclic) bond motifs is 10. The summed E-state index contributed by atoms with van der Waals surface area (Å²) in [6, 6.07) is 54.8. The van der Waals surface area contributed by atoms with Crippen LogP contribution in [0.1, 0.15) is 5.56 Å². The first kappa shape index (κ1) is 27.1. The van der Waals surface area contributed by atoms with E-state index in [2.05, 4.69) is 146 Å². The highest BCUT2D eigenvalue weighted by Gasteiger charge is 2.25. The Morgan fingerprint density at radius 3 is 1.49 bits per heavy atom. The van der Waals surface area contributed by atoms with Crippen LogP contribution in [0.15, 0.2) is 152 Å². The lowest BCUT2D eigenvalue weighted by Crippen LogP contribution is -2.06. The first-order valence-corrected chi connectivity index (χ1v) is 16.2. The van der Waals surface area contributed by atoms with Gasteiger partial charge in [-0.3, -0.25) is 0 Å². The molecule has 5 nitrogen and oxygen atoms in total. The molecule has 10 rings (SSSR count). The highest BCUT2D eigenvalue weighted by molar-refractivity contribution is 6.29. The van der Waals surface area contributed by atoms with Gasteiger partial charge in [-0.15, -0.1) is 0 Å². The van der Waals surface area contributed by atoms with Gasteiger partial charge in [0.2, 0.25) is 0 Å². The lowest BCUT2D eigenvalue weighted by atomic mass is 10.1. The third kappa shape index (κ3) is 3.67. The zero-order chi connectivity index (χ0) is 32.6. The predicted molar refractivity (Wildman–Crippen MR) is 200 cm³/mol. The van der Waals surface area contributed by atoms with Gasteiger partial charge in [-0.1, -0.05) is 91.0 Å². The second-order valence-electron chi connectivity index (χ2n) is 12.3. The molecule has 5 heteroatoms.